The van der Waals surface area contributed by atoms with E-state index in [1.165, 1.54) is 0 Å². The van der Waals surface area contributed by atoms with Crippen molar-refractivity contribution in [2.75, 3.05) is 18.0 Å². The number of pyridine rings is 1. The SMILES string of the molecule is Cc1cc(C)c(C(=O)O)c(N2CCC(C)(O)C2)n1. The van der Waals surface area contributed by atoms with Crippen LogP contribution in [0, 0.1) is 13.8 Å². The van der Waals surface area contributed by atoms with E-state index in [4.69, 9.17) is 0 Å². The van der Waals surface area contributed by atoms with Crippen LogP contribution in [0.15, 0.2) is 6.07 Å². The lowest BCUT2D eigenvalue weighted by atomic mass is 10.1. The molecule has 0 bridgehead atoms. The molecule has 2 N–H and O–H groups in total. The lowest BCUT2D eigenvalue weighted by Gasteiger charge is -2.22. The van der Waals surface area contributed by atoms with Gasteiger partial charge in [-0.1, -0.05) is 0 Å². The van der Waals surface area contributed by atoms with E-state index in [1.54, 1.807) is 19.9 Å². The van der Waals surface area contributed by atoms with Crippen LogP contribution in [0.25, 0.3) is 0 Å². The molecule has 98 valence electrons. The number of carbonyl (C=O) groups is 1. The van der Waals surface area contributed by atoms with Gasteiger partial charge in [0.15, 0.2) is 0 Å². The van der Waals surface area contributed by atoms with Crippen LogP contribution in [-0.2, 0) is 0 Å². The Labute approximate surface area is 106 Å². The first-order chi connectivity index (χ1) is 8.30. The van der Waals surface area contributed by atoms with Crippen LogP contribution in [0.4, 0.5) is 5.82 Å². The van der Waals surface area contributed by atoms with E-state index < -0.39 is 11.6 Å². The summed E-state index contributed by atoms with van der Waals surface area (Å²) in [7, 11) is 0. The Balaban J connectivity index is 2.47. The maximum Gasteiger partial charge on any atom is 0.339 e. The normalized spacial score (nSPS) is 23.4. The molecular weight excluding hydrogens is 232 g/mol. The van der Waals surface area contributed by atoms with Crippen molar-refractivity contribution < 1.29 is 15.0 Å². The predicted octanol–water partition coefficient (Wildman–Crippen LogP) is 1.36. The molecular formula is C13H18N2O3. The van der Waals surface area contributed by atoms with E-state index in [-0.39, 0.29) is 5.56 Å². The van der Waals surface area contributed by atoms with Crippen molar-refractivity contribution in [3.05, 3.63) is 22.9 Å². The molecule has 0 aliphatic carbocycles. The van der Waals surface area contributed by atoms with Crippen molar-refractivity contribution >= 4 is 11.8 Å². The molecule has 1 aliphatic rings. The van der Waals surface area contributed by atoms with Crippen molar-refractivity contribution in [1.82, 2.24) is 4.98 Å². The molecule has 1 unspecified atom stereocenters. The summed E-state index contributed by atoms with van der Waals surface area (Å²) in [6.45, 7) is 6.43. The Morgan fingerprint density at radius 1 is 1.50 bits per heavy atom. The fraction of sp³-hybridized carbons (Fsp3) is 0.538. The van der Waals surface area contributed by atoms with E-state index in [9.17, 15) is 15.0 Å². The van der Waals surface area contributed by atoms with Crippen LogP contribution in [0.5, 0.6) is 0 Å². The fourth-order valence-electron chi connectivity index (χ4n) is 2.44. The number of rotatable bonds is 2. The Morgan fingerprint density at radius 3 is 2.67 bits per heavy atom. The standard InChI is InChI=1S/C13H18N2O3/c1-8-6-9(2)14-11(10(8)12(16)17)15-5-4-13(3,18)7-15/h6,18H,4-5,7H2,1-3H3,(H,16,17). The average Bonchev–Trinajstić information content (AvgIpc) is 2.56. The van der Waals surface area contributed by atoms with Gasteiger partial charge in [-0.3, -0.25) is 0 Å². The highest BCUT2D eigenvalue weighted by molar-refractivity contribution is 5.95. The third kappa shape index (κ3) is 2.31. The van der Waals surface area contributed by atoms with Gasteiger partial charge in [0.05, 0.1) is 5.60 Å². The fourth-order valence-corrected chi connectivity index (χ4v) is 2.44. The molecule has 0 radical (unpaired) electrons. The number of carboxylic acids is 1. The van der Waals surface area contributed by atoms with Crippen molar-refractivity contribution in [3.8, 4) is 0 Å². The number of aliphatic hydroxyl groups is 1. The van der Waals surface area contributed by atoms with Crippen LogP contribution in [0.1, 0.15) is 35.0 Å². The Kier molecular flexibility index (Phi) is 3.02. The first-order valence-electron chi connectivity index (χ1n) is 5.99. The first-order valence-corrected chi connectivity index (χ1v) is 5.99. The number of aromatic carboxylic acids is 1. The minimum absolute atomic E-state index is 0.235. The smallest absolute Gasteiger partial charge is 0.339 e. The molecule has 18 heavy (non-hydrogen) atoms. The predicted molar refractivity (Wildman–Crippen MR) is 68.1 cm³/mol. The summed E-state index contributed by atoms with van der Waals surface area (Å²) in [6.07, 6.45) is 0.626. The highest BCUT2D eigenvalue weighted by Crippen LogP contribution is 2.29. The zero-order chi connectivity index (χ0) is 13.5. The maximum absolute atomic E-state index is 11.3. The molecule has 1 aromatic heterocycles. The van der Waals surface area contributed by atoms with Crippen LogP contribution in [0.2, 0.25) is 0 Å². The van der Waals surface area contributed by atoms with Gasteiger partial charge in [0.2, 0.25) is 0 Å². The largest absolute Gasteiger partial charge is 0.478 e. The quantitative estimate of drug-likeness (QED) is 0.829. The van der Waals surface area contributed by atoms with Crippen molar-refractivity contribution in [3.63, 3.8) is 0 Å². The van der Waals surface area contributed by atoms with E-state index in [0.29, 0.717) is 30.9 Å². The molecule has 1 saturated heterocycles. The molecule has 2 rings (SSSR count). The summed E-state index contributed by atoms with van der Waals surface area (Å²) in [4.78, 5) is 17.5. The molecule has 5 nitrogen and oxygen atoms in total. The van der Waals surface area contributed by atoms with Gasteiger partial charge in [-0.25, -0.2) is 9.78 Å². The number of aryl methyl sites for hydroxylation is 2. The van der Waals surface area contributed by atoms with Gasteiger partial charge in [0.1, 0.15) is 11.4 Å². The first kappa shape index (κ1) is 12.8. The third-order valence-electron chi connectivity index (χ3n) is 3.29. The second-order valence-electron chi connectivity index (χ2n) is 5.25. The topological polar surface area (TPSA) is 73.7 Å². The summed E-state index contributed by atoms with van der Waals surface area (Å²) in [5.41, 5.74) is 0.962. The van der Waals surface area contributed by atoms with Gasteiger partial charge in [-0.05, 0) is 38.8 Å². The van der Waals surface area contributed by atoms with Crippen LogP contribution in [-0.4, -0.2) is 39.9 Å². The Hall–Kier alpha value is -1.62. The number of nitrogens with zero attached hydrogens (tertiary/aromatic N) is 2. The molecule has 1 aliphatic heterocycles. The molecule has 0 saturated carbocycles. The van der Waals surface area contributed by atoms with E-state index in [0.717, 1.165) is 5.69 Å². The zero-order valence-corrected chi connectivity index (χ0v) is 10.9. The zero-order valence-electron chi connectivity index (χ0n) is 10.9. The average molecular weight is 250 g/mol. The van der Waals surface area contributed by atoms with Gasteiger partial charge >= 0.3 is 5.97 Å². The molecule has 0 spiro atoms. The number of hydrogen-bond acceptors (Lipinski definition) is 4. The highest BCUT2D eigenvalue weighted by Gasteiger charge is 2.34. The molecule has 1 atom stereocenters. The van der Waals surface area contributed by atoms with Crippen molar-refractivity contribution in [1.29, 1.82) is 0 Å². The number of aromatic nitrogens is 1. The van der Waals surface area contributed by atoms with E-state index in [2.05, 4.69) is 4.98 Å². The van der Waals surface area contributed by atoms with E-state index in [1.807, 2.05) is 11.8 Å². The summed E-state index contributed by atoms with van der Waals surface area (Å²) < 4.78 is 0. The van der Waals surface area contributed by atoms with Gasteiger partial charge in [0.25, 0.3) is 0 Å². The summed E-state index contributed by atoms with van der Waals surface area (Å²) in [6, 6.07) is 1.77. The monoisotopic (exact) mass is 250 g/mol. The lowest BCUT2D eigenvalue weighted by Crippen LogP contribution is -2.31. The third-order valence-corrected chi connectivity index (χ3v) is 3.29. The summed E-state index contributed by atoms with van der Waals surface area (Å²) in [5.74, 6) is -0.501. The van der Waals surface area contributed by atoms with Crippen LogP contribution >= 0.6 is 0 Å². The van der Waals surface area contributed by atoms with Gasteiger partial charge in [-0.2, -0.15) is 0 Å². The summed E-state index contributed by atoms with van der Waals surface area (Å²) >= 11 is 0. The highest BCUT2D eigenvalue weighted by atomic mass is 16.4. The Bertz CT molecular complexity index is 497. The van der Waals surface area contributed by atoms with Crippen molar-refractivity contribution in [2.24, 2.45) is 0 Å². The minimum Gasteiger partial charge on any atom is -0.478 e. The molecule has 1 fully saturated rings. The van der Waals surface area contributed by atoms with Gasteiger partial charge in [-0.15, -0.1) is 0 Å². The van der Waals surface area contributed by atoms with Crippen molar-refractivity contribution in [2.45, 2.75) is 32.8 Å². The molecule has 0 amide bonds. The number of hydrogen-bond donors (Lipinski definition) is 2. The van der Waals surface area contributed by atoms with Crippen LogP contribution in [0.3, 0.4) is 0 Å². The second kappa shape index (κ2) is 4.24. The van der Waals surface area contributed by atoms with E-state index >= 15 is 0 Å². The molecule has 0 aromatic carbocycles. The lowest BCUT2D eigenvalue weighted by molar-refractivity contribution is 0.0694. The molecule has 1 aromatic rings. The molecule has 5 heteroatoms. The van der Waals surface area contributed by atoms with Gasteiger partial charge in [0, 0.05) is 18.8 Å². The maximum atomic E-state index is 11.3. The summed E-state index contributed by atoms with van der Waals surface area (Å²) in [5, 5.41) is 19.3. The molecule has 2 heterocycles. The van der Waals surface area contributed by atoms with Crippen LogP contribution < -0.4 is 4.90 Å². The second-order valence-corrected chi connectivity index (χ2v) is 5.25. The Morgan fingerprint density at radius 2 is 2.17 bits per heavy atom. The number of anilines is 1. The minimum atomic E-state index is -0.971. The number of β-amino-alcohol motifs (C(OH)–C–C–N with tert-alkyl or cyclic N) is 1. The number of carboxylic acid groups (broad SMARTS) is 1. The van der Waals surface area contributed by atoms with Gasteiger partial charge < -0.3 is 15.1 Å².